The van der Waals surface area contributed by atoms with Crippen molar-refractivity contribution in [1.29, 1.82) is 0 Å². The maximum absolute atomic E-state index is 12.6. The summed E-state index contributed by atoms with van der Waals surface area (Å²) in [7, 11) is 1.56. The Morgan fingerprint density at radius 1 is 1.25 bits per heavy atom. The SMILES string of the molecule is CCOc1ccc(/C=N/NC(=O)Cn2c(-c3nonc3N)nc3ccccc32)cc1OC. The molecule has 0 bridgehead atoms. The molecular weight excluding hydrogens is 414 g/mol. The second-order valence-corrected chi connectivity index (χ2v) is 6.64. The molecule has 0 radical (unpaired) electrons. The summed E-state index contributed by atoms with van der Waals surface area (Å²) in [6.07, 6.45) is 1.52. The highest BCUT2D eigenvalue weighted by molar-refractivity contribution is 5.86. The molecule has 0 spiro atoms. The van der Waals surface area contributed by atoms with Gasteiger partial charge in [0, 0.05) is 0 Å². The average molecular weight is 435 g/mol. The van der Waals surface area contributed by atoms with E-state index in [1.165, 1.54) is 6.21 Å². The topological polar surface area (TPSA) is 143 Å². The van der Waals surface area contributed by atoms with Crippen molar-refractivity contribution in [2.24, 2.45) is 5.10 Å². The Bertz CT molecular complexity index is 1280. The van der Waals surface area contributed by atoms with Crippen LogP contribution in [0.15, 0.2) is 52.2 Å². The zero-order valence-electron chi connectivity index (χ0n) is 17.5. The van der Waals surface area contributed by atoms with E-state index in [1.807, 2.05) is 37.3 Å². The fraction of sp³-hybridized carbons (Fsp3) is 0.190. The van der Waals surface area contributed by atoms with E-state index in [0.29, 0.717) is 29.4 Å². The number of benzene rings is 2. The standard InChI is InChI=1S/C21H21N7O4/c1-3-31-16-9-8-13(10-17(16)30-2)11-23-25-18(29)12-28-15-7-5-4-6-14(15)24-21(28)19-20(22)27-32-26-19/h4-11H,3,12H2,1-2H3,(H2,22,27)(H,25,29)/b23-11+. The molecule has 0 aliphatic heterocycles. The van der Waals surface area contributed by atoms with E-state index in [4.69, 9.17) is 19.8 Å². The summed E-state index contributed by atoms with van der Waals surface area (Å²) in [5.41, 5.74) is 10.8. The summed E-state index contributed by atoms with van der Waals surface area (Å²) in [5.74, 6) is 1.32. The van der Waals surface area contributed by atoms with E-state index in [2.05, 4.69) is 25.8 Å². The number of imidazole rings is 1. The van der Waals surface area contributed by atoms with Gasteiger partial charge in [0.25, 0.3) is 5.91 Å². The van der Waals surface area contributed by atoms with Gasteiger partial charge in [-0.1, -0.05) is 12.1 Å². The number of amides is 1. The van der Waals surface area contributed by atoms with Gasteiger partial charge >= 0.3 is 0 Å². The van der Waals surface area contributed by atoms with E-state index in [0.717, 1.165) is 11.1 Å². The number of methoxy groups -OCH3 is 1. The fourth-order valence-corrected chi connectivity index (χ4v) is 3.16. The van der Waals surface area contributed by atoms with Crippen LogP contribution in [-0.2, 0) is 11.3 Å². The van der Waals surface area contributed by atoms with E-state index >= 15 is 0 Å². The molecule has 2 aromatic carbocycles. The third-order valence-corrected chi connectivity index (χ3v) is 4.57. The van der Waals surface area contributed by atoms with E-state index in [-0.39, 0.29) is 24.0 Å². The van der Waals surface area contributed by atoms with Gasteiger partial charge in [0.1, 0.15) is 6.54 Å². The highest BCUT2D eigenvalue weighted by Gasteiger charge is 2.20. The molecule has 11 heteroatoms. The van der Waals surface area contributed by atoms with Crippen molar-refractivity contribution in [3.8, 4) is 23.0 Å². The van der Waals surface area contributed by atoms with Gasteiger partial charge in [-0.2, -0.15) is 5.10 Å². The first-order chi connectivity index (χ1) is 15.6. The van der Waals surface area contributed by atoms with Crippen LogP contribution >= 0.6 is 0 Å². The van der Waals surface area contributed by atoms with Crippen molar-refractivity contribution >= 4 is 29.0 Å². The van der Waals surface area contributed by atoms with Gasteiger partial charge in [-0.25, -0.2) is 15.0 Å². The van der Waals surface area contributed by atoms with Gasteiger partial charge < -0.3 is 19.8 Å². The predicted octanol–water partition coefficient (Wildman–Crippen LogP) is 2.23. The quantitative estimate of drug-likeness (QED) is 0.317. The molecule has 164 valence electrons. The maximum atomic E-state index is 12.6. The van der Waals surface area contributed by atoms with Crippen molar-refractivity contribution in [1.82, 2.24) is 25.3 Å². The normalized spacial score (nSPS) is 11.2. The largest absolute Gasteiger partial charge is 0.493 e. The lowest BCUT2D eigenvalue weighted by molar-refractivity contribution is -0.121. The number of nitrogen functional groups attached to an aromatic ring is 1. The molecule has 4 rings (SSSR count). The number of anilines is 1. The number of nitrogens with one attached hydrogen (secondary N) is 1. The minimum atomic E-state index is -0.362. The number of nitrogens with zero attached hydrogens (tertiary/aromatic N) is 5. The molecule has 0 aliphatic carbocycles. The Labute approximate surface area is 182 Å². The molecule has 4 aromatic rings. The number of carbonyl (C=O) groups excluding carboxylic acids is 1. The molecule has 32 heavy (non-hydrogen) atoms. The Morgan fingerprint density at radius 3 is 2.84 bits per heavy atom. The predicted molar refractivity (Wildman–Crippen MR) is 117 cm³/mol. The average Bonchev–Trinajstić information content (AvgIpc) is 3.38. The van der Waals surface area contributed by atoms with Gasteiger partial charge in [-0.15, -0.1) is 0 Å². The first-order valence-electron chi connectivity index (χ1n) is 9.77. The number of aromatic nitrogens is 4. The van der Waals surface area contributed by atoms with Crippen molar-refractivity contribution < 1.29 is 18.9 Å². The summed E-state index contributed by atoms with van der Waals surface area (Å²) in [6, 6.07) is 12.7. The number of rotatable bonds is 8. The molecule has 1 amide bonds. The maximum Gasteiger partial charge on any atom is 0.260 e. The van der Waals surface area contributed by atoms with Crippen LogP contribution in [0.1, 0.15) is 12.5 Å². The van der Waals surface area contributed by atoms with Crippen LogP contribution in [0.25, 0.3) is 22.6 Å². The molecule has 11 nitrogen and oxygen atoms in total. The molecule has 0 unspecified atom stereocenters. The summed E-state index contributed by atoms with van der Waals surface area (Å²) in [6.45, 7) is 2.36. The van der Waals surface area contributed by atoms with Gasteiger partial charge in [0.2, 0.25) is 0 Å². The highest BCUT2D eigenvalue weighted by atomic mass is 16.6. The molecule has 2 heterocycles. The van der Waals surface area contributed by atoms with Gasteiger partial charge in [0.05, 0.1) is 31.0 Å². The third kappa shape index (κ3) is 4.21. The zero-order valence-corrected chi connectivity index (χ0v) is 17.5. The van der Waals surface area contributed by atoms with Crippen LogP contribution in [0.4, 0.5) is 5.82 Å². The minimum absolute atomic E-state index is 0.0634. The van der Waals surface area contributed by atoms with Gasteiger partial charge in [-0.3, -0.25) is 4.79 Å². The third-order valence-electron chi connectivity index (χ3n) is 4.57. The minimum Gasteiger partial charge on any atom is -0.493 e. The zero-order chi connectivity index (χ0) is 22.5. The van der Waals surface area contributed by atoms with Crippen molar-refractivity contribution in [3.05, 3.63) is 48.0 Å². The van der Waals surface area contributed by atoms with E-state index in [9.17, 15) is 4.79 Å². The van der Waals surface area contributed by atoms with Crippen molar-refractivity contribution in [3.63, 3.8) is 0 Å². The molecule has 0 saturated heterocycles. The Hall–Kier alpha value is -4.41. The summed E-state index contributed by atoms with van der Waals surface area (Å²) < 4.78 is 17.2. The number of hydrogen-bond acceptors (Lipinski definition) is 9. The van der Waals surface area contributed by atoms with Crippen molar-refractivity contribution in [2.45, 2.75) is 13.5 Å². The van der Waals surface area contributed by atoms with Crippen LogP contribution in [0.5, 0.6) is 11.5 Å². The molecule has 2 aromatic heterocycles. The van der Waals surface area contributed by atoms with Crippen LogP contribution in [0.2, 0.25) is 0 Å². The van der Waals surface area contributed by atoms with Crippen LogP contribution in [-0.4, -0.2) is 45.7 Å². The first kappa shape index (κ1) is 20.8. The number of ether oxygens (including phenoxy) is 2. The molecule has 3 N–H and O–H groups in total. The van der Waals surface area contributed by atoms with Gasteiger partial charge in [0.15, 0.2) is 28.8 Å². The second kappa shape index (κ2) is 9.16. The van der Waals surface area contributed by atoms with E-state index in [1.54, 1.807) is 23.8 Å². The lowest BCUT2D eigenvalue weighted by Gasteiger charge is -2.09. The Kier molecular flexibility index (Phi) is 5.97. The molecule has 0 saturated carbocycles. The number of para-hydroxylation sites is 2. The Morgan fingerprint density at radius 2 is 2.09 bits per heavy atom. The Balaban J connectivity index is 1.52. The number of carbonyl (C=O) groups is 1. The van der Waals surface area contributed by atoms with Crippen molar-refractivity contribution in [2.75, 3.05) is 19.5 Å². The monoisotopic (exact) mass is 435 g/mol. The number of nitrogens with two attached hydrogens (primary N) is 1. The summed E-state index contributed by atoms with van der Waals surface area (Å²) in [5, 5.41) is 11.4. The molecule has 0 aliphatic rings. The lowest BCUT2D eigenvalue weighted by atomic mass is 10.2. The van der Waals surface area contributed by atoms with Crippen LogP contribution in [0, 0.1) is 0 Å². The molecular formula is C21H21N7O4. The second-order valence-electron chi connectivity index (χ2n) is 6.64. The van der Waals surface area contributed by atoms with Gasteiger partial charge in [-0.05, 0) is 53.1 Å². The number of fused-ring (bicyclic) bond motifs is 1. The smallest absolute Gasteiger partial charge is 0.260 e. The summed E-state index contributed by atoms with van der Waals surface area (Å²) in [4.78, 5) is 17.1. The number of hydrogen-bond donors (Lipinski definition) is 2. The lowest BCUT2D eigenvalue weighted by Crippen LogP contribution is -2.23. The van der Waals surface area contributed by atoms with Crippen LogP contribution in [0.3, 0.4) is 0 Å². The van der Waals surface area contributed by atoms with Crippen LogP contribution < -0.4 is 20.6 Å². The first-order valence-corrected chi connectivity index (χ1v) is 9.77. The molecule has 0 atom stereocenters. The molecule has 0 fully saturated rings. The number of hydrazone groups is 1. The highest BCUT2D eigenvalue weighted by Crippen LogP contribution is 2.28. The fourth-order valence-electron chi connectivity index (χ4n) is 3.16. The summed E-state index contributed by atoms with van der Waals surface area (Å²) >= 11 is 0. The van der Waals surface area contributed by atoms with E-state index < -0.39 is 0 Å².